The van der Waals surface area contributed by atoms with E-state index in [2.05, 4.69) is 15.7 Å². The van der Waals surface area contributed by atoms with Crippen molar-refractivity contribution in [3.63, 3.8) is 0 Å². The van der Waals surface area contributed by atoms with Crippen LogP contribution < -0.4 is 10.6 Å². The van der Waals surface area contributed by atoms with Crippen LogP contribution in [0.15, 0.2) is 78.0 Å². The number of benzene rings is 2. The van der Waals surface area contributed by atoms with Gasteiger partial charge in [0.1, 0.15) is 12.6 Å². The highest BCUT2D eigenvalue weighted by Crippen LogP contribution is 2.18. The van der Waals surface area contributed by atoms with Crippen molar-refractivity contribution in [3.8, 4) is 0 Å². The molecule has 8 nitrogen and oxygen atoms in total. The summed E-state index contributed by atoms with van der Waals surface area (Å²) in [6, 6.07) is 18.8. The number of amides is 3. The molecule has 1 saturated heterocycles. The molecule has 0 bridgehead atoms. The van der Waals surface area contributed by atoms with Gasteiger partial charge in [-0.25, -0.2) is 0 Å². The fourth-order valence-electron chi connectivity index (χ4n) is 3.66. The first-order valence-corrected chi connectivity index (χ1v) is 11.7. The average molecular weight is 464 g/mol. The van der Waals surface area contributed by atoms with Crippen LogP contribution in [0.2, 0.25) is 0 Å². The molecular weight excluding hydrogens is 438 g/mol. The molecule has 1 aliphatic rings. The Kier molecular flexibility index (Phi) is 7.41. The standard InChI is InChI=1S/C24H25N5O3S/c30-22(17-33-20-9-5-2-6-10-20)27-19-14-26-28(15-19)16-23(31)29-12-11-25-24(32)21(29)13-18-7-3-1-4-8-18/h1-10,14-15,21H,11-13,16-17H2,(H,25,32)(H,27,30). The van der Waals surface area contributed by atoms with Crippen LogP contribution in [0, 0.1) is 0 Å². The third kappa shape index (κ3) is 6.23. The Morgan fingerprint density at radius 2 is 1.82 bits per heavy atom. The van der Waals surface area contributed by atoms with Gasteiger partial charge in [0, 0.05) is 30.6 Å². The van der Waals surface area contributed by atoms with Crippen molar-refractivity contribution in [2.75, 3.05) is 24.2 Å². The lowest BCUT2D eigenvalue weighted by Gasteiger charge is -2.35. The molecule has 33 heavy (non-hydrogen) atoms. The third-order valence-corrected chi connectivity index (χ3v) is 6.26. The van der Waals surface area contributed by atoms with E-state index < -0.39 is 6.04 Å². The molecule has 3 aromatic rings. The number of nitrogens with one attached hydrogen (secondary N) is 2. The van der Waals surface area contributed by atoms with Crippen molar-refractivity contribution >= 4 is 35.2 Å². The van der Waals surface area contributed by atoms with Gasteiger partial charge in [0.25, 0.3) is 0 Å². The van der Waals surface area contributed by atoms with Crippen molar-refractivity contribution < 1.29 is 14.4 Å². The number of rotatable bonds is 8. The van der Waals surface area contributed by atoms with Gasteiger partial charge < -0.3 is 15.5 Å². The molecule has 4 rings (SSSR count). The van der Waals surface area contributed by atoms with E-state index in [1.165, 1.54) is 22.6 Å². The molecule has 3 amide bonds. The maximum absolute atomic E-state index is 13.0. The lowest BCUT2D eigenvalue weighted by Crippen LogP contribution is -2.58. The Balaban J connectivity index is 1.33. The van der Waals surface area contributed by atoms with Gasteiger partial charge in [0.15, 0.2) is 0 Å². The van der Waals surface area contributed by atoms with E-state index in [4.69, 9.17) is 0 Å². The molecule has 0 saturated carbocycles. The van der Waals surface area contributed by atoms with Gasteiger partial charge in [-0.1, -0.05) is 48.5 Å². The summed E-state index contributed by atoms with van der Waals surface area (Å²) in [6.45, 7) is 0.867. The molecule has 1 unspecified atom stereocenters. The largest absolute Gasteiger partial charge is 0.353 e. The number of hydrogen-bond acceptors (Lipinski definition) is 5. The Morgan fingerprint density at radius 3 is 2.58 bits per heavy atom. The summed E-state index contributed by atoms with van der Waals surface area (Å²) >= 11 is 1.45. The van der Waals surface area contributed by atoms with Gasteiger partial charge in [-0.3, -0.25) is 19.1 Å². The third-order valence-electron chi connectivity index (χ3n) is 5.25. The highest BCUT2D eigenvalue weighted by molar-refractivity contribution is 8.00. The number of carbonyl (C=O) groups excluding carboxylic acids is 3. The molecule has 2 N–H and O–H groups in total. The minimum Gasteiger partial charge on any atom is -0.353 e. The second-order valence-corrected chi connectivity index (χ2v) is 8.71. The fraction of sp³-hybridized carbons (Fsp3) is 0.250. The van der Waals surface area contributed by atoms with E-state index in [9.17, 15) is 14.4 Å². The van der Waals surface area contributed by atoms with Gasteiger partial charge in [-0.05, 0) is 17.7 Å². The van der Waals surface area contributed by atoms with Gasteiger partial charge in [0.2, 0.25) is 17.7 Å². The number of anilines is 1. The van der Waals surface area contributed by atoms with E-state index in [0.717, 1.165) is 10.5 Å². The van der Waals surface area contributed by atoms with Crippen LogP contribution in [0.25, 0.3) is 0 Å². The van der Waals surface area contributed by atoms with Crippen molar-refractivity contribution in [1.29, 1.82) is 0 Å². The highest BCUT2D eigenvalue weighted by Gasteiger charge is 2.33. The molecule has 2 heterocycles. The molecule has 170 valence electrons. The lowest BCUT2D eigenvalue weighted by atomic mass is 10.0. The molecule has 1 aromatic heterocycles. The van der Waals surface area contributed by atoms with Gasteiger partial charge in [-0.15, -0.1) is 11.8 Å². The zero-order valence-electron chi connectivity index (χ0n) is 18.0. The van der Waals surface area contributed by atoms with E-state index >= 15 is 0 Å². The number of thioether (sulfide) groups is 1. The number of nitrogens with zero attached hydrogens (tertiary/aromatic N) is 3. The summed E-state index contributed by atoms with van der Waals surface area (Å²) in [6.07, 6.45) is 3.60. The Hall–Kier alpha value is -3.59. The molecule has 1 fully saturated rings. The van der Waals surface area contributed by atoms with Crippen LogP contribution in [0.1, 0.15) is 5.56 Å². The first-order valence-electron chi connectivity index (χ1n) is 10.7. The second kappa shape index (κ2) is 10.8. The summed E-state index contributed by atoms with van der Waals surface area (Å²) in [5.41, 5.74) is 1.52. The molecule has 0 spiro atoms. The maximum atomic E-state index is 13.0. The summed E-state index contributed by atoms with van der Waals surface area (Å²) in [5.74, 6) is -0.211. The van der Waals surface area contributed by atoms with E-state index in [1.54, 1.807) is 11.1 Å². The predicted octanol–water partition coefficient (Wildman–Crippen LogP) is 2.18. The number of carbonyl (C=O) groups is 3. The average Bonchev–Trinajstić information content (AvgIpc) is 3.26. The quantitative estimate of drug-likeness (QED) is 0.499. The summed E-state index contributed by atoms with van der Waals surface area (Å²) < 4.78 is 1.48. The zero-order chi connectivity index (χ0) is 23.0. The summed E-state index contributed by atoms with van der Waals surface area (Å²) in [5, 5.41) is 9.85. The number of piperazine rings is 1. The van der Waals surface area contributed by atoms with Crippen molar-refractivity contribution in [2.24, 2.45) is 0 Å². The maximum Gasteiger partial charge on any atom is 0.245 e. The second-order valence-electron chi connectivity index (χ2n) is 7.66. The van der Waals surface area contributed by atoms with Crippen molar-refractivity contribution in [1.82, 2.24) is 20.0 Å². The van der Waals surface area contributed by atoms with Gasteiger partial charge >= 0.3 is 0 Å². The monoisotopic (exact) mass is 463 g/mol. The van der Waals surface area contributed by atoms with Crippen molar-refractivity contribution in [2.45, 2.75) is 23.9 Å². The molecule has 0 aliphatic carbocycles. The highest BCUT2D eigenvalue weighted by atomic mass is 32.2. The Morgan fingerprint density at radius 1 is 1.09 bits per heavy atom. The Bertz CT molecular complexity index is 1100. The van der Waals surface area contributed by atoms with Crippen LogP contribution in [0.5, 0.6) is 0 Å². The molecule has 1 atom stereocenters. The van der Waals surface area contributed by atoms with E-state index in [0.29, 0.717) is 25.2 Å². The number of aromatic nitrogens is 2. The molecular formula is C24H25N5O3S. The van der Waals surface area contributed by atoms with Gasteiger partial charge in [-0.2, -0.15) is 5.10 Å². The van der Waals surface area contributed by atoms with E-state index in [-0.39, 0.29) is 30.0 Å². The molecule has 9 heteroatoms. The normalized spacial score (nSPS) is 15.7. The zero-order valence-corrected chi connectivity index (χ0v) is 18.8. The predicted molar refractivity (Wildman–Crippen MR) is 127 cm³/mol. The summed E-state index contributed by atoms with van der Waals surface area (Å²) in [4.78, 5) is 40.3. The van der Waals surface area contributed by atoms with Crippen molar-refractivity contribution in [3.05, 3.63) is 78.6 Å². The topological polar surface area (TPSA) is 96.3 Å². The minimum atomic E-state index is -0.557. The SMILES string of the molecule is O=C(CSc1ccccc1)Nc1cnn(CC(=O)N2CCNC(=O)C2Cc2ccccc2)c1. The van der Waals surface area contributed by atoms with Crippen LogP contribution in [0.3, 0.4) is 0 Å². The van der Waals surface area contributed by atoms with Crippen LogP contribution >= 0.6 is 11.8 Å². The fourth-order valence-corrected chi connectivity index (χ4v) is 4.38. The van der Waals surface area contributed by atoms with Crippen LogP contribution in [0.4, 0.5) is 5.69 Å². The molecule has 0 radical (unpaired) electrons. The summed E-state index contributed by atoms with van der Waals surface area (Å²) in [7, 11) is 0. The Labute approximate surface area is 196 Å². The molecule has 2 aromatic carbocycles. The lowest BCUT2D eigenvalue weighted by molar-refractivity contribution is -0.143. The minimum absolute atomic E-state index is 0.00674. The van der Waals surface area contributed by atoms with Crippen LogP contribution in [-0.4, -0.2) is 57.3 Å². The smallest absolute Gasteiger partial charge is 0.245 e. The first-order chi connectivity index (χ1) is 16.1. The first kappa shape index (κ1) is 22.6. The van der Waals surface area contributed by atoms with Gasteiger partial charge in [0.05, 0.1) is 17.6 Å². The molecule has 1 aliphatic heterocycles. The number of hydrogen-bond donors (Lipinski definition) is 2. The van der Waals surface area contributed by atoms with Crippen LogP contribution in [-0.2, 0) is 27.3 Å². The van der Waals surface area contributed by atoms with E-state index in [1.807, 2.05) is 60.7 Å².